The molecule has 0 saturated carbocycles. The number of fused-ring (bicyclic) bond motifs is 3. The first kappa shape index (κ1) is 25.7. The summed E-state index contributed by atoms with van der Waals surface area (Å²) < 4.78 is 18.2. The zero-order chi connectivity index (χ0) is 26.2. The van der Waals surface area contributed by atoms with Crippen molar-refractivity contribution in [3.05, 3.63) is 131 Å². The monoisotopic (exact) mass is 507 g/mol. The van der Waals surface area contributed by atoms with Gasteiger partial charge in [-0.15, -0.1) is 0 Å². The summed E-state index contributed by atoms with van der Waals surface area (Å²) in [7, 11) is 0. The van der Waals surface area contributed by atoms with E-state index in [9.17, 15) is 4.79 Å². The Morgan fingerprint density at radius 3 is 1.68 bits per heavy atom. The van der Waals surface area contributed by atoms with Gasteiger partial charge in [-0.3, -0.25) is 0 Å². The molecule has 0 radical (unpaired) electrons. The number of rotatable bonds is 11. The molecule has 0 heterocycles. The molecule has 1 atom stereocenters. The van der Waals surface area contributed by atoms with Gasteiger partial charge in [-0.05, 0) is 39.8 Å². The van der Waals surface area contributed by atoms with E-state index in [2.05, 4.69) is 29.6 Å². The molecular weight excluding hydrogens is 474 g/mol. The molecule has 0 saturated heterocycles. The maximum atomic E-state index is 13.0. The van der Waals surface area contributed by atoms with Crippen LogP contribution < -0.4 is 5.32 Å². The number of benzene rings is 4. The number of hydrogen-bond donors (Lipinski definition) is 1. The first-order valence-corrected chi connectivity index (χ1v) is 13.2. The average Bonchev–Trinajstić information content (AvgIpc) is 3.30. The van der Waals surface area contributed by atoms with E-state index in [4.69, 9.17) is 14.2 Å². The van der Waals surface area contributed by atoms with Crippen molar-refractivity contribution in [3.63, 3.8) is 0 Å². The summed E-state index contributed by atoms with van der Waals surface area (Å²) in [6.07, 6.45) is -0.491. The fourth-order valence-corrected chi connectivity index (χ4v) is 4.94. The number of alkyl carbamates (subject to hydrolysis) is 1. The zero-order valence-corrected chi connectivity index (χ0v) is 21.6. The number of ether oxygens (including phenoxy) is 3. The van der Waals surface area contributed by atoms with Crippen LogP contribution in [-0.2, 0) is 27.4 Å². The van der Waals surface area contributed by atoms with E-state index in [-0.39, 0.29) is 18.6 Å². The van der Waals surface area contributed by atoms with Crippen LogP contribution in [0.4, 0.5) is 4.79 Å². The van der Waals surface area contributed by atoms with E-state index in [1.165, 1.54) is 22.3 Å². The Morgan fingerprint density at radius 1 is 0.711 bits per heavy atom. The molecule has 194 valence electrons. The van der Waals surface area contributed by atoms with Gasteiger partial charge >= 0.3 is 6.09 Å². The molecule has 0 spiro atoms. The highest BCUT2D eigenvalue weighted by molar-refractivity contribution is 5.79. The van der Waals surface area contributed by atoms with Crippen molar-refractivity contribution in [1.29, 1.82) is 0 Å². The molecule has 0 unspecified atom stereocenters. The van der Waals surface area contributed by atoms with Crippen molar-refractivity contribution in [1.82, 2.24) is 5.32 Å². The molecule has 1 aliphatic rings. The van der Waals surface area contributed by atoms with Crippen molar-refractivity contribution in [3.8, 4) is 11.1 Å². The van der Waals surface area contributed by atoms with Gasteiger partial charge in [0.1, 0.15) is 6.61 Å². The van der Waals surface area contributed by atoms with E-state index in [0.29, 0.717) is 19.6 Å². The second-order valence-corrected chi connectivity index (χ2v) is 9.45. The molecular formula is C33H33NO4. The van der Waals surface area contributed by atoms with Crippen molar-refractivity contribution in [2.45, 2.75) is 44.8 Å². The van der Waals surface area contributed by atoms with Gasteiger partial charge in [0.15, 0.2) is 6.29 Å². The molecule has 4 aromatic rings. The quantitative estimate of drug-likeness (QED) is 0.221. The van der Waals surface area contributed by atoms with Crippen LogP contribution >= 0.6 is 0 Å². The number of carbonyl (C=O) groups is 1. The topological polar surface area (TPSA) is 56.8 Å². The van der Waals surface area contributed by atoms with Crippen LogP contribution in [0.5, 0.6) is 0 Å². The molecule has 38 heavy (non-hydrogen) atoms. The molecule has 0 bridgehead atoms. The summed E-state index contributed by atoms with van der Waals surface area (Å²) in [6, 6.07) is 36.1. The first-order valence-electron chi connectivity index (χ1n) is 13.2. The number of amides is 1. The third-order valence-electron chi connectivity index (χ3n) is 6.93. The Labute approximate surface area is 224 Å². The average molecular weight is 508 g/mol. The molecule has 5 heteroatoms. The second kappa shape index (κ2) is 12.5. The Balaban J connectivity index is 1.24. The summed E-state index contributed by atoms with van der Waals surface area (Å²) >= 11 is 0. The van der Waals surface area contributed by atoms with Gasteiger partial charge < -0.3 is 19.5 Å². The predicted octanol–water partition coefficient (Wildman–Crippen LogP) is 7.06. The molecule has 0 aliphatic heterocycles. The molecule has 1 aliphatic carbocycles. The van der Waals surface area contributed by atoms with Crippen LogP contribution in [0.3, 0.4) is 0 Å². The minimum atomic E-state index is -0.638. The molecule has 0 aromatic heterocycles. The van der Waals surface area contributed by atoms with E-state index in [1.807, 2.05) is 91.9 Å². The Hall–Kier alpha value is -3.93. The van der Waals surface area contributed by atoms with Gasteiger partial charge in [-0.1, -0.05) is 116 Å². The van der Waals surface area contributed by atoms with Crippen LogP contribution in [0.25, 0.3) is 11.1 Å². The lowest BCUT2D eigenvalue weighted by Crippen LogP contribution is -2.45. The SMILES string of the molecule is CC[C@@H](NC(=O)OCC1c2ccccc2-c2ccccc21)C(OCc1ccccc1)OCc1ccccc1. The van der Waals surface area contributed by atoms with E-state index in [0.717, 1.165) is 11.1 Å². The van der Waals surface area contributed by atoms with Crippen molar-refractivity contribution in [2.24, 2.45) is 0 Å². The minimum Gasteiger partial charge on any atom is -0.449 e. The van der Waals surface area contributed by atoms with Crippen molar-refractivity contribution in [2.75, 3.05) is 6.61 Å². The van der Waals surface area contributed by atoms with Crippen LogP contribution in [0.2, 0.25) is 0 Å². The normalized spacial score (nSPS) is 13.1. The lowest BCUT2D eigenvalue weighted by Gasteiger charge is -2.27. The fourth-order valence-electron chi connectivity index (χ4n) is 4.94. The lowest BCUT2D eigenvalue weighted by molar-refractivity contribution is -0.172. The largest absolute Gasteiger partial charge is 0.449 e. The summed E-state index contributed by atoms with van der Waals surface area (Å²) in [6.45, 7) is 3.02. The van der Waals surface area contributed by atoms with Crippen molar-refractivity contribution >= 4 is 6.09 Å². The highest BCUT2D eigenvalue weighted by atomic mass is 16.7. The van der Waals surface area contributed by atoms with Gasteiger partial charge in [-0.2, -0.15) is 0 Å². The third kappa shape index (κ3) is 6.13. The molecule has 1 N–H and O–H groups in total. The number of hydrogen-bond acceptors (Lipinski definition) is 4. The molecule has 5 nitrogen and oxygen atoms in total. The van der Waals surface area contributed by atoms with E-state index < -0.39 is 12.4 Å². The minimum absolute atomic E-state index is 0.00712. The molecule has 5 rings (SSSR count). The van der Waals surface area contributed by atoms with Gasteiger partial charge in [0.25, 0.3) is 0 Å². The third-order valence-corrected chi connectivity index (χ3v) is 6.93. The van der Waals surface area contributed by atoms with Crippen molar-refractivity contribution < 1.29 is 19.0 Å². The fraction of sp³-hybridized carbons (Fsp3) is 0.242. The Kier molecular flexibility index (Phi) is 8.49. The predicted molar refractivity (Wildman–Crippen MR) is 149 cm³/mol. The molecule has 4 aromatic carbocycles. The summed E-state index contributed by atoms with van der Waals surface area (Å²) in [5, 5.41) is 3.00. The summed E-state index contributed by atoms with van der Waals surface area (Å²) in [4.78, 5) is 13.0. The highest BCUT2D eigenvalue weighted by Gasteiger charge is 2.30. The van der Waals surface area contributed by atoms with Crippen LogP contribution in [0.1, 0.15) is 41.5 Å². The highest BCUT2D eigenvalue weighted by Crippen LogP contribution is 2.44. The van der Waals surface area contributed by atoms with Gasteiger partial charge in [0, 0.05) is 5.92 Å². The maximum Gasteiger partial charge on any atom is 0.407 e. The van der Waals surface area contributed by atoms with Gasteiger partial charge in [0.05, 0.1) is 19.3 Å². The van der Waals surface area contributed by atoms with Crippen LogP contribution in [0.15, 0.2) is 109 Å². The summed E-state index contributed by atoms with van der Waals surface area (Å²) in [5.41, 5.74) is 6.85. The Morgan fingerprint density at radius 2 is 1.18 bits per heavy atom. The van der Waals surface area contributed by atoms with E-state index in [1.54, 1.807) is 0 Å². The summed E-state index contributed by atoms with van der Waals surface area (Å²) in [5.74, 6) is 0.00712. The second-order valence-electron chi connectivity index (χ2n) is 9.45. The first-order chi connectivity index (χ1) is 18.7. The smallest absolute Gasteiger partial charge is 0.407 e. The number of nitrogens with one attached hydrogen (secondary N) is 1. The lowest BCUT2D eigenvalue weighted by atomic mass is 9.98. The number of carbonyl (C=O) groups excluding carboxylic acids is 1. The van der Waals surface area contributed by atoms with Gasteiger partial charge in [0.2, 0.25) is 0 Å². The molecule has 0 fully saturated rings. The van der Waals surface area contributed by atoms with E-state index >= 15 is 0 Å². The Bertz CT molecular complexity index is 1240. The maximum absolute atomic E-state index is 13.0. The van der Waals surface area contributed by atoms with Crippen LogP contribution in [0, 0.1) is 0 Å². The van der Waals surface area contributed by atoms with Gasteiger partial charge in [-0.25, -0.2) is 4.79 Å². The standard InChI is InChI=1S/C33H33NO4/c1-2-31(32(36-21-24-13-5-3-6-14-24)37-22-25-15-7-4-8-16-25)34-33(35)38-23-30-28-19-11-9-17-26(28)27-18-10-12-20-29(27)30/h3-20,30-32H,2,21-23H2,1H3,(H,34,35)/t31-/m1/s1. The molecule has 1 amide bonds. The zero-order valence-electron chi connectivity index (χ0n) is 21.6. The van der Waals surface area contributed by atoms with Crippen LogP contribution in [-0.4, -0.2) is 25.0 Å².